The van der Waals surface area contributed by atoms with Gasteiger partial charge in [-0.05, 0) is 129 Å². The van der Waals surface area contributed by atoms with E-state index < -0.39 is 15.4 Å². The number of rotatable bonds is 4. The van der Waals surface area contributed by atoms with Crippen LogP contribution in [0.4, 0.5) is 17.1 Å². The van der Waals surface area contributed by atoms with Gasteiger partial charge in [-0.15, -0.1) is 0 Å². The molecule has 4 aliphatic rings. The van der Waals surface area contributed by atoms with Crippen molar-refractivity contribution in [1.29, 1.82) is 5.26 Å². The number of nitrogens with zero attached hydrogens (tertiary/aromatic N) is 3. The molecule has 1 spiro atoms. The van der Waals surface area contributed by atoms with Crippen molar-refractivity contribution in [3.63, 3.8) is 0 Å². The van der Waals surface area contributed by atoms with Crippen LogP contribution in [-0.2, 0) is 5.41 Å². The number of anilines is 3. The summed E-state index contributed by atoms with van der Waals surface area (Å²) >= 11 is 0. The van der Waals surface area contributed by atoms with E-state index in [1.54, 1.807) is 0 Å². The second-order valence-electron chi connectivity index (χ2n) is 18.9. The minimum absolute atomic E-state index is 0.212. The van der Waals surface area contributed by atoms with Gasteiger partial charge in [-0.1, -0.05) is 134 Å². The van der Waals surface area contributed by atoms with Crippen LogP contribution in [0.5, 0.6) is 0 Å². The van der Waals surface area contributed by atoms with Gasteiger partial charge in [-0.3, -0.25) is 0 Å². The standard InChI is InChI=1S/C61H43N3OS/c1-66(2,3)40-32-30-39(31-33-40)63(54-28-14-23-47-46-22-12-16-38(36-62)59(46)65-60(47)54)55-35-51-57(44-20-7-6-18-42(44)55)56-41-17-5-4-15-37(41)29-34-49(56)61(51)48-24-9-11-27-53(48)64-52-26-10-8-19-43(52)45-21-13-25-50(61)58(45)64/h4-16,18-35,41H,17H2,1-3H3. The third-order valence-corrected chi connectivity index (χ3v) is 16.6. The summed E-state index contributed by atoms with van der Waals surface area (Å²) in [5.41, 5.74) is 17.4. The molecule has 0 fully saturated rings. The Bertz CT molecular complexity index is 3970. The summed E-state index contributed by atoms with van der Waals surface area (Å²) in [6.45, 7) is 0. The monoisotopic (exact) mass is 865 g/mol. The molecule has 10 aromatic rings. The van der Waals surface area contributed by atoms with Crippen LogP contribution >= 0.6 is 10.0 Å². The Morgan fingerprint density at radius 1 is 0.652 bits per heavy atom. The molecular weight excluding hydrogens is 823 g/mol. The summed E-state index contributed by atoms with van der Waals surface area (Å²) in [5, 5.41) is 17.1. The Hall–Kier alpha value is -7.78. The van der Waals surface area contributed by atoms with Crippen molar-refractivity contribution in [3.8, 4) is 11.8 Å². The number of hydrogen-bond acceptors (Lipinski definition) is 3. The van der Waals surface area contributed by atoms with Gasteiger partial charge in [0, 0.05) is 38.5 Å². The molecule has 66 heavy (non-hydrogen) atoms. The Morgan fingerprint density at radius 3 is 2.18 bits per heavy atom. The predicted molar refractivity (Wildman–Crippen MR) is 276 cm³/mol. The van der Waals surface area contributed by atoms with Gasteiger partial charge in [0.05, 0.1) is 39.1 Å². The molecule has 5 heteroatoms. The predicted octanol–water partition coefficient (Wildman–Crippen LogP) is 15.7. The average molecular weight is 866 g/mol. The van der Waals surface area contributed by atoms with E-state index in [-0.39, 0.29) is 5.92 Å². The summed E-state index contributed by atoms with van der Waals surface area (Å²) in [6, 6.07) is 60.6. The van der Waals surface area contributed by atoms with Gasteiger partial charge in [-0.25, -0.2) is 10.0 Å². The lowest BCUT2D eigenvalue weighted by atomic mass is 9.63. The van der Waals surface area contributed by atoms with Crippen LogP contribution in [0.25, 0.3) is 65.8 Å². The van der Waals surface area contributed by atoms with Gasteiger partial charge < -0.3 is 13.9 Å². The number of benzene rings is 8. The molecule has 2 aromatic heterocycles. The van der Waals surface area contributed by atoms with Gasteiger partial charge >= 0.3 is 0 Å². The van der Waals surface area contributed by atoms with Crippen LogP contribution in [0.1, 0.15) is 34.2 Å². The largest absolute Gasteiger partial charge is 0.452 e. The lowest BCUT2D eigenvalue weighted by molar-refractivity contribution is 0.668. The maximum absolute atomic E-state index is 10.3. The second-order valence-corrected chi connectivity index (χ2v) is 23.1. The summed E-state index contributed by atoms with van der Waals surface area (Å²) in [7, 11) is -0.990. The number of fused-ring (bicyclic) bond motifs is 18. The van der Waals surface area contributed by atoms with Crippen molar-refractivity contribution in [1.82, 2.24) is 4.57 Å². The minimum Gasteiger partial charge on any atom is -0.452 e. The molecule has 3 aliphatic carbocycles. The third kappa shape index (κ3) is 4.79. The first-order valence-corrected chi connectivity index (χ1v) is 25.6. The Kier molecular flexibility index (Phi) is 7.62. The van der Waals surface area contributed by atoms with Crippen LogP contribution in [0.15, 0.2) is 209 Å². The summed E-state index contributed by atoms with van der Waals surface area (Å²) < 4.78 is 9.45. The first-order chi connectivity index (χ1) is 32.4. The smallest absolute Gasteiger partial charge is 0.159 e. The zero-order valence-corrected chi connectivity index (χ0v) is 37.7. The van der Waals surface area contributed by atoms with E-state index >= 15 is 0 Å². The lowest BCUT2D eigenvalue weighted by Gasteiger charge is -2.41. The lowest BCUT2D eigenvalue weighted by Crippen LogP contribution is -2.34. The van der Waals surface area contributed by atoms with Crippen LogP contribution < -0.4 is 4.90 Å². The normalized spacial score (nSPS) is 18.2. The summed E-state index contributed by atoms with van der Waals surface area (Å²) in [4.78, 5) is 3.78. The van der Waals surface area contributed by atoms with Crippen LogP contribution in [0, 0.1) is 17.2 Å². The number of allylic oxidation sites excluding steroid dienone is 8. The molecule has 0 radical (unpaired) electrons. The molecule has 0 amide bonds. The summed E-state index contributed by atoms with van der Waals surface area (Å²) in [5.74, 6) is 0.212. The highest BCUT2D eigenvalue weighted by atomic mass is 32.3. The number of furan rings is 1. The molecule has 2 atom stereocenters. The van der Waals surface area contributed by atoms with E-state index in [4.69, 9.17) is 4.42 Å². The van der Waals surface area contributed by atoms with Gasteiger partial charge in [0.1, 0.15) is 6.07 Å². The van der Waals surface area contributed by atoms with Crippen molar-refractivity contribution in [2.75, 3.05) is 23.7 Å². The molecule has 0 saturated heterocycles. The molecule has 314 valence electrons. The fraction of sp³-hybridized carbons (Fsp3) is 0.0984. The topological polar surface area (TPSA) is 45.1 Å². The highest BCUT2D eigenvalue weighted by molar-refractivity contribution is 8.32. The van der Waals surface area contributed by atoms with E-state index in [1.165, 1.54) is 82.1 Å². The molecular formula is C61H43N3OS. The van der Waals surface area contributed by atoms with Crippen molar-refractivity contribution in [3.05, 3.63) is 227 Å². The van der Waals surface area contributed by atoms with E-state index in [0.717, 1.165) is 39.8 Å². The molecule has 2 unspecified atom stereocenters. The van der Waals surface area contributed by atoms with Crippen molar-refractivity contribution >= 4 is 87.2 Å². The molecule has 8 aromatic carbocycles. The van der Waals surface area contributed by atoms with E-state index in [1.807, 2.05) is 12.1 Å². The Morgan fingerprint density at radius 2 is 1.35 bits per heavy atom. The molecule has 14 rings (SSSR count). The number of aromatic nitrogens is 1. The highest BCUT2D eigenvalue weighted by Gasteiger charge is 2.54. The summed E-state index contributed by atoms with van der Waals surface area (Å²) in [6.07, 6.45) is 19.8. The molecule has 0 bridgehead atoms. The molecule has 0 saturated carbocycles. The van der Waals surface area contributed by atoms with Gasteiger partial charge in [0.2, 0.25) is 0 Å². The van der Waals surface area contributed by atoms with Crippen LogP contribution in [-0.4, -0.2) is 23.3 Å². The highest BCUT2D eigenvalue weighted by Crippen LogP contribution is 2.65. The molecule has 4 nitrogen and oxygen atoms in total. The van der Waals surface area contributed by atoms with Crippen LogP contribution in [0.2, 0.25) is 0 Å². The van der Waals surface area contributed by atoms with E-state index in [9.17, 15) is 5.26 Å². The fourth-order valence-corrected chi connectivity index (χ4v) is 13.2. The Balaban J connectivity index is 1.16. The first-order valence-electron chi connectivity index (χ1n) is 22.8. The van der Waals surface area contributed by atoms with Gasteiger partial charge in [0.25, 0.3) is 0 Å². The van der Waals surface area contributed by atoms with Crippen molar-refractivity contribution in [2.24, 2.45) is 5.92 Å². The minimum atomic E-state index is -0.990. The zero-order chi connectivity index (χ0) is 44.1. The van der Waals surface area contributed by atoms with Crippen molar-refractivity contribution in [2.45, 2.75) is 16.7 Å². The van der Waals surface area contributed by atoms with Gasteiger partial charge in [0.15, 0.2) is 11.2 Å². The fourth-order valence-electron chi connectivity index (χ4n) is 12.2. The quantitative estimate of drug-likeness (QED) is 0.177. The maximum Gasteiger partial charge on any atom is 0.159 e. The zero-order valence-electron chi connectivity index (χ0n) is 36.8. The van der Waals surface area contributed by atoms with Crippen LogP contribution in [0.3, 0.4) is 0 Å². The van der Waals surface area contributed by atoms with E-state index in [0.29, 0.717) is 11.1 Å². The van der Waals surface area contributed by atoms with E-state index in [2.05, 4.69) is 210 Å². The van der Waals surface area contributed by atoms with Crippen molar-refractivity contribution < 1.29 is 4.42 Å². The number of hydrogen-bond donors (Lipinski definition) is 0. The third-order valence-electron chi connectivity index (χ3n) is 14.9. The van der Waals surface area contributed by atoms with Gasteiger partial charge in [-0.2, -0.15) is 5.26 Å². The molecule has 0 N–H and O–H groups in total. The number of nitriles is 1. The maximum atomic E-state index is 10.3. The first kappa shape index (κ1) is 37.6. The SMILES string of the molecule is CS(C)(C)c1ccc(N(c2cc3c(c4ccccc24)C2=C(C=CC4=CC=CCC42)C32c3ccccc3-n3c4ccccc4c4cccc2c43)c2cccc3c2oc2c(C#N)cccc23)cc1. The molecule has 3 heterocycles. The average Bonchev–Trinajstić information content (AvgIpc) is 4.01. The Labute approximate surface area is 384 Å². The number of para-hydroxylation sites is 5. The molecule has 1 aliphatic heterocycles. The second kappa shape index (κ2) is 13.4.